The Morgan fingerprint density at radius 2 is 2.00 bits per heavy atom. The van der Waals surface area contributed by atoms with Gasteiger partial charge in [0.05, 0.1) is 0 Å². The Kier molecular flexibility index (Phi) is 5.91. The maximum Gasteiger partial charge on any atom is 0.264 e. The number of nitrogens with two attached hydrogens (primary N) is 1. The van der Waals surface area contributed by atoms with Crippen LogP contribution < -0.4 is 10.5 Å². The Hall–Kier alpha value is -1.30. The third-order valence-corrected chi connectivity index (χ3v) is 2.31. The molecule has 98 valence electrons. The van der Waals surface area contributed by atoms with Crippen LogP contribution in [0, 0.1) is 0 Å². The van der Waals surface area contributed by atoms with Gasteiger partial charge in [-0.25, -0.2) is 0 Å². The second-order valence-electron chi connectivity index (χ2n) is 3.39. The number of ether oxygens (including phenoxy) is 1. The van der Waals surface area contributed by atoms with Crippen molar-refractivity contribution in [3.05, 3.63) is 41.0 Å². The minimum atomic E-state index is 0. The molecule has 0 bridgehead atoms. The lowest BCUT2D eigenvalue weighted by Crippen LogP contribution is -2.04. The molecule has 0 aliphatic rings. The Bertz CT molecular complexity index is 473. The molecule has 5 nitrogen and oxygen atoms in total. The van der Waals surface area contributed by atoms with Crippen molar-refractivity contribution in [3.63, 3.8) is 0 Å². The minimum absolute atomic E-state index is 0. The van der Waals surface area contributed by atoms with Crippen LogP contribution in [0.4, 0.5) is 0 Å². The molecule has 18 heavy (non-hydrogen) atoms. The molecule has 1 heterocycles. The predicted octanol–water partition coefficient (Wildman–Crippen LogP) is 2.22. The number of benzene rings is 1. The van der Waals surface area contributed by atoms with E-state index in [1.54, 1.807) is 24.3 Å². The van der Waals surface area contributed by atoms with Crippen LogP contribution in [0.5, 0.6) is 5.75 Å². The Morgan fingerprint density at radius 3 is 2.67 bits per heavy atom. The van der Waals surface area contributed by atoms with Gasteiger partial charge < -0.3 is 15.0 Å². The summed E-state index contributed by atoms with van der Waals surface area (Å²) in [5.41, 5.74) is 5.38. The fourth-order valence-electron chi connectivity index (χ4n) is 1.26. The summed E-state index contributed by atoms with van der Waals surface area (Å²) in [6, 6.07) is 7.06. The fourth-order valence-corrected chi connectivity index (χ4v) is 1.38. The molecule has 7 heteroatoms. The van der Waals surface area contributed by atoms with Gasteiger partial charge in [0.2, 0.25) is 0 Å². The van der Waals surface area contributed by atoms with Crippen LogP contribution in [0.15, 0.2) is 28.8 Å². The van der Waals surface area contributed by atoms with Crippen molar-refractivity contribution in [3.8, 4) is 5.75 Å². The van der Waals surface area contributed by atoms with Crippen molar-refractivity contribution in [2.75, 3.05) is 6.54 Å². The number of hydrogen-bond donors (Lipinski definition) is 1. The van der Waals surface area contributed by atoms with Gasteiger partial charge in [0, 0.05) is 11.4 Å². The van der Waals surface area contributed by atoms with Gasteiger partial charge in [-0.05, 0) is 30.8 Å². The Labute approximate surface area is 116 Å². The summed E-state index contributed by atoms with van der Waals surface area (Å²) in [5.74, 6) is 1.73. The zero-order chi connectivity index (χ0) is 12.1. The van der Waals surface area contributed by atoms with Crippen molar-refractivity contribution < 1.29 is 9.26 Å². The molecule has 0 atom stereocenters. The molecule has 0 aliphatic heterocycles. The lowest BCUT2D eigenvalue weighted by Gasteiger charge is -2.02. The van der Waals surface area contributed by atoms with Gasteiger partial charge in [0.25, 0.3) is 5.89 Å². The third-order valence-electron chi connectivity index (χ3n) is 2.05. The topological polar surface area (TPSA) is 74.2 Å². The molecular weight excluding hydrogens is 277 g/mol. The van der Waals surface area contributed by atoms with Crippen LogP contribution in [-0.2, 0) is 13.0 Å². The maximum absolute atomic E-state index is 5.76. The first kappa shape index (κ1) is 14.8. The van der Waals surface area contributed by atoms with E-state index in [0.29, 0.717) is 35.5 Å². The molecule has 0 unspecified atom stereocenters. The Morgan fingerprint density at radius 1 is 1.28 bits per heavy atom. The van der Waals surface area contributed by atoms with Crippen molar-refractivity contribution in [1.82, 2.24) is 10.1 Å². The molecule has 0 saturated heterocycles. The number of nitrogens with zero attached hydrogens (tertiary/aromatic N) is 2. The van der Waals surface area contributed by atoms with Crippen molar-refractivity contribution in [2.45, 2.75) is 13.0 Å². The highest BCUT2D eigenvalue weighted by Crippen LogP contribution is 2.16. The van der Waals surface area contributed by atoms with E-state index in [1.807, 2.05) is 0 Å². The van der Waals surface area contributed by atoms with Crippen LogP contribution in [-0.4, -0.2) is 16.7 Å². The molecule has 1 aromatic carbocycles. The van der Waals surface area contributed by atoms with Crippen LogP contribution in [0.3, 0.4) is 0 Å². The SMILES string of the molecule is Cl.NCCc1noc(COc2ccc(Cl)cc2)n1. The lowest BCUT2D eigenvalue weighted by atomic mass is 10.3. The molecule has 2 rings (SSSR count). The van der Waals surface area contributed by atoms with Gasteiger partial charge >= 0.3 is 0 Å². The minimum Gasteiger partial charge on any atom is -0.484 e. The fraction of sp³-hybridized carbons (Fsp3) is 0.273. The highest BCUT2D eigenvalue weighted by Gasteiger charge is 2.06. The summed E-state index contributed by atoms with van der Waals surface area (Å²) < 4.78 is 10.4. The van der Waals surface area contributed by atoms with Crippen molar-refractivity contribution in [2.24, 2.45) is 5.73 Å². The molecule has 0 aliphatic carbocycles. The van der Waals surface area contributed by atoms with E-state index >= 15 is 0 Å². The smallest absolute Gasteiger partial charge is 0.264 e. The van der Waals surface area contributed by atoms with Crippen molar-refractivity contribution >= 4 is 24.0 Å². The second kappa shape index (κ2) is 7.20. The summed E-state index contributed by atoms with van der Waals surface area (Å²) in [6.45, 7) is 0.732. The molecular formula is C11H13Cl2N3O2. The monoisotopic (exact) mass is 289 g/mol. The highest BCUT2D eigenvalue weighted by molar-refractivity contribution is 6.30. The standard InChI is InChI=1S/C11H12ClN3O2.ClH/c12-8-1-3-9(4-2-8)16-7-11-14-10(5-6-13)15-17-11;/h1-4H,5-7,13H2;1H. The van der Waals surface area contributed by atoms with Crippen LogP contribution in [0.25, 0.3) is 0 Å². The largest absolute Gasteiger partial charge is 0.484 e. The summed E-state index contributed by atoms with van der Waals surface area (Å²) in [7, 11) is 0. The number of rotatable bonds is 5. The maximum atomic E-state index is 5.76. The van der Waals surface area contributed by atoms with E-state index < -0.39 is 0 Å². The van der Waals surface area contributed by atoms with E-state index in [1.165, 1.54) is 0 Å². The van der Waals surface area contributed by atoms with Crippen LogP contribution in [0.2, 0.25) is 5.02 Å². The van der Waals surface area contributed by atoms with E-state index in [2.05, 4.69) is 10.1 Å². The molecule has 0 spiro atoms. The summed E-state index contributed by atoms with van der Waals surface area (Å²) >= 11 is 5.76. The first-order valence-electron chi connectivity index (χ1n) is 5.18. The van der Waals surface area contributed by atoms with Gasteiger partial charge in [-0.1, -0.05) is 16.8 Å². The predicted molar refractivity (Wildman–Crippen MR) is 70.1 cm³/mol. The van der Waals surface area contributed by atoms with E-state index in [4.69, 9.17) is 26.6 Å². The average Bonchev–Trinajstić information content (AvgIpc) is 2.77. The van der Waals surface area contributed by atoms with Crippen molar-refractivity contribution in [1.29, 1.82) is 0 Å². The lowest BCUT2D eigenvalue weighted by molar-refractivity contribution is 0.242. The van der Waals surface area contributed by atoms with Crippen LogP contribution >= 0.6 is 24.0 Å². The van der Waals surface area contributed by atoms with Gasteiger partial charge in [0.1, 0.15) is 5.75 Å². The zero-order valence-corrected chi connectivity index (χ0v) is 11.1. The summed E-state index contributed by atoms with van der Waals surface area (Å²) in [5, 5.41) is 4.43. The van der Waals surface area contributed by atoms with E-state index in [-0.39, 0.29) is 19.0 Å². The molecule has 0 fully saturated rings. The number of halogens is 2. The van der Waals surface area contributed by atoms with E-state index in [9.17, 15) is 0 Å². The molecule has 0 radical (unpaired) electrons. The second-order valence-corrected chi connectivity index (χ2v) is 3.82. The molecule has 0 amide bonds. The first-order valence-corrected chi connectivity index (χ1v) is 5.55. The van der Waals surface area contributed by atoms with Gasteiger partial charge in [-0.3, -0.25) is 0 Å². The first-order chi connectivity index (χ1) is 8.28. The van der Waals surface area contributed by atoms with Gasteiger partial charge in [0.15, 0.2) is 12.4 Å². The summed E-state index contributed by atoms with van der Waals surface area (Å²) in [4.78, 5) is 4.12. The highest BCUT2D eigenvalue weighted by atomic mass is 35.5. The van der Waals surface area contributed by atoms with Gasteiger partial charge in [-0.2, -0.15) is 4.98 Å². The molecule has 2 N–H and O–H groups in total. The molecule has 2 aromatic rings. The molecule has 1 aromatic heterocycles. The normalized spacial score (nSPS) is 9.89. The number of aromatic nitrogens is 2. The van der Waals surface area contributed by atoms with Gasteiger partial charge in [-0.15, -0.1) is 12.4 Å². The quantitative estimate of drug-likeness (QED) is 0.914. The zero-order valence-electron chi connectivity index (χ0n) is 9.51. The van der Waals surface area contributed by atoms with Crippen LogP contribution in [0.1, 0.15) is 11.7 Å². The number of hydrogen-bond acceptors (Lipinski definition) is 5. The average molecular weight is 290 g/mol. The third kappa shape index (κ3) is 4.18. The van der Waals surface area contributed by atoms with E-state index in [0.717, 1.165) is 0 Å². The summed E-state index contributed by atoms with van der Waals surface area (Å²) in [6.07, 6.45) is 0.602. The Balaban J connectivity index is 0.00000162. The molecule has 0 saturated carbocycles.